The summed E-state index contributed by atoms with van der Waals surface area (Å²) in [4.78, 5) is 12.1. The van der Waals surface area contributed by atoms with E-state index in [1.807, 2.05) is 51.1 Å². The maximum Gasteiger partial charge on any atom is 0.171 e. The molecule has 88 valence electrons. The van der Waals surface area contributed by atoms with Crippen molar-refractivity contribution >= 4 is 5.78 Å². The molecule has 0 fully saturated rings. The summed E-state index contributed by atoms with van der Waals surface area (Å²) in [5, 5.41) is 4.22. The van der Waals surface area contributed by atoms with Crippen LogP contribution >= 0.6 is 0 Å². The number of ketones is 1. The third-order valence-electron chi connectivity index (χ3n) is 2.55. The number of nitrogens with zero attached hydrogens (tertiary/aromatic N) is 2. The van der Waals surface area contributed by atoms with E-state index >= 15 is 0 Å². The molecule has 0 N–H and O–H groups in total. The first kappa shape index (κ1) is 11.6. The van der Waals surface area contributed by atoms with Gasteiger partial charge in [0, 0.05) is 11.6 Å². The van der Waals surface area contributed by atoms with E-state index in [1.54, 1.807) is 17.1 Å². The molecule has 0 aliphatic carbocycles. The zero-order chi connectivity index (χ0) is 12.5. The van der Waals surface area contributed by atoms with E-state index in [1.165, 1.54) is 0 Å². The Balaban J connectivity index is 2.32. The third kappa shape index (κ3) is 2.44. The summed E-state index contributed by atoms with van der Waals surface area (Å²) in [5.41, 5.74) is 1.24. The van der Waals surface area contributed by atoms with E-state index in [-0.39, 0.29) is 11.2 Å². The van der Waals surface area contributed by atoms with E-state index in [9.17, 15) is 4.79 Å². The lowest BCUT2D eigenvalue weighted by molar-refractivity contribution is 0.0858. The molecule has 3 heteroatoms. The number of hydrogen-bond acceptors (Lipinski definition) is 2. The van der Waals surface area contributed by atoms with Gasteiger partial charge in [0.25, 0.3) is 0 Å². The number of carbonyl (C=O) groups is 1. The van der Waals surface area contributed by atoms with Crippen LogP contribution in [-0.2, 0) is 0 Å². The zero-order valence-corrected chi connectivity index (χ0v) is 10.3. The van der Waals surface area contributed by atoms with Gasteiger partial charge in [-0.25, -0.2) is 4.68 Å². The van der Waals surface area contributed by atoms with Gasteiger partial charge in [-0.1, -0.05) is 39.0 Å². The van der Waals surface area contributed by atoms with E-state index in [2.05, 4.69) is 5.10 Å². The van der Waals surface area contributed by atoms with Crippen LogP contribution in [0.4, 0.5) is 0 Å². The van der Waals surface area contributed by atoms with E-state index in [0.717, 1.165) is 5.69 Å². The first-order valence-electron chi connectivity index (χ1n) is 5.63. The van der Waals surface area contributed by atoms with Crippen LogP contribution in [-0.4, -0.2) is 15.6 Å². The Bertz CT molecular complexity index is 521. The van der Waals surface area contributed by atoms with Gasteiger partial charge in [0.1, 0.15) is 0 Å². The van der Waals surface area contributed by atoms with Crippen LogP contribution < -0.4 is 0 Å². The highest BCUT2D eigenvalue weighted by Crippen LogP contribution is 2.20. The number of hydrogen-bond donors (Lipinski definition) is 0. The molecular formula is C14H16N2O. The Hall–Kier alpha value is -1.90. The van der Waals surface area contributed by atoms with Crippen molar-refractivity contribution in [1.82, 2.24) is 9.78 Å². The highest BCUT2D eigenvalue weighted by molar-refractivity contribution is 5.99. The fourth-order valence-electron chi connectivity index (χ4n) is 1.60. The van der Waals surface area contributed by atoms with E-state index in [0.29, 0.717) is 5.56 Å². The average molecular weight is 228 g/mol. The zero-order valence-electron chi connectivity index (χ0n) is 10.3. The molecule has 0 saturated heterocycles. The Labute approximate surface area is 101 Å². The fourth-order valence-corrected chi connectivity index (χ4v) is 1.60. The smallest absolute Gasteiger partial charge is 0.171 e. The molecule has 2 aromatic rings. The molecule has 0 saturated carbocycles. The first-order valence-corrected chi connectivity index (χ1v) is 5.63. The largest absolute Gasteiger partial charge is 0.293 e. The Morgan fingerprint density at radius 2 is 1.82 bits per heavy atom. The van der Waals surface area contributed by atoms with Gasteiger partial charge in [-0.05, 0) is 12.1 Å². The summed E-state index contributed by atoms with van der Waals surface area (Å²) in [6.45, 7) is 5.74. The number of rotatable bonds is 2. The maximum absolute atomic E-state index is 12.1. The molecule has 0 radical (unpaired) electrons. The van der Waals surface area contributed by atoms with Crippen LogP contribution in [0.1, 0.15) is 31.1 Å². The molecule has 0 aliphatic heterocycles. The van der Waals surface area contributed by atoms with Gasteiger partial charge >= 0.3 is 0 Å². The van der Waals surface area contributed by atoms with Crippen LogP contribution in [0.25, 0.3) is 5.69 Å². The van der Waals surface area contributed by atoms with Gasteiger partial charge in [-0.3, -0.25) is 4.79 Å². The van der Waals surface area contributed by atoms with Crippen LogP contribution in [0.15, 0.2) is 42.7 Å². The molecule has 0 atom stereocenters. The quantitative estimate of drug-likeness (QED) is 0.740. The molecule has 0 aliphatic rings. The van der Waals surface area contributed by atoms with E-state index < -0.39 is 0 Å². The predicted molar refractivity (Wildman–Crippen MR) is 67.3 cm³/mol. The summed E-state index contributed by atoms with van der Waals surface area (Å²) < 4.78 is 1.72. The fraction of sp³-hybridized carbons (Fsp3) is 0.286. The lowest BCUT2D eigenvalue weighted by Crippen LogP contribution is -2.19. The summed E-state index contributed by atoms with van der Waals surface area (Å²) >= 11 is 0. The van der Waals surface area contributed by atoms with Gasteiger partial charge in [0.05, 0.1) is 17.4 Å². The van der Waals surface area contributed by atoms with Gasteiger partial charge in [-0.15, -0.1) is 0 Å². The van der Waals surface area contributed by atoms with Crippen LogP contribution in [0.3, 0.4) is 0 Å². The monoisotopic (exact) mass is 228 g/mol. The minimum absolute atomic E-state index is 0.111. The van der Waals surface area contributed by atoms with Gasteiger partial charge in [-0.2, -0.15) is 5.10 Å². The Morgan fingerprint density at radius 3 is 2.41 bits per heavy atom. The molecule has 1 aromatic carbocycles. The standard InChI is InChI=1S/C14H16N2O/c1-14(2,3)13(17)11-9-15-16(10-11)12-7-5-4-6-8-12/h4-10H,1-3H3. The number of Topliss-reactive ketones (excluding diaryl/α,β-unsaturated/α-hetero) is 1. The topological polar surface area (TPSA) is 34.9 Å². The second kappa shape index (κ2) is 4.17. The second-order valence-electron chi connectivity index (χ2n) is 5.09. The molecule has 1 heterocycles. The van der Waals surface area contributed by atoms with Gasteiger partial charge < -0.3 is 0 Å². The van der Waals surface area contributed by atoms with Crippen LogP contribution in [0, 0.1) is 5.41 Å². The summed E-state index contributed by atoms with van der Waals surface area (Å²) in [6.07, 6.45) is 3.41. The van der Waals surface area contributed by atoms with Crippen molar-refractivity contribution in [1.29, 1.82) is 0 Å². The molecule has 0 bridgehead atoms. The minimum atomic E-state index is -0.370. The summed E-state index contributed by atoms with van der Waals surface area (Å²) in [5.74, 6) is 0.111. The highest BCUT2D eigenvalue weighted by Gasteiger charge is 2.24. The molecular weight excluding hydrogens is 212 g/mol. The summed E-state index contributed by atoms with van der Waals surface area (Å²) in [6, 6.07) is 9.76. The predicted octanol–water partition coefficient (Wildman–Crippen LogP) is 3.10. The lowest BCUT2D eigenvalue weighted by atomic mass is 9.88. The molecule has 0 spiro atoms. The maximum atomic E-state index is 12.1. The van der Waals surface area contributed by atoms with Crippen molar-refractivity contribution in [3.05, 3.63) is 48.3 Å². The van der Waals surface area contributed by atoms with E-state index in [4.69, 9.17) is 0 Å². The molecule has 0 amide bonds. The third-order valence-corrected chi connectivity index (χ3v) is 2.55. The number of carbonyl (C=O) groups excluding carboxylic acids is 1. The Kier molecular flexibility index (Phi) is 2.84. The van der Waals surface area contributed by atoms with Crippen molar-refractivity contribution in [3.63, 3.8) is 0 Å². The molecule has 1 aromatic heterocycles. The van der Waals surface area contributed by atoms with Gasteiger partial charge in [0.2, 0.25) is 0 Å². The SMILES string of the molecule is CC(C)(C)C(=O)c1cnn(-c2ccccc2)c1. The van der Waals surface area contributed by atoms with Crippen molar-refractivity contribution in [2.75, 3.05) is 0 Å². The molecule has 0 unspecified atom stereocenters. The first-order chi connectivity index (χ1) is 7.98. The second-order valence-corrected chi connectivity index (χ2v) is 5.09. The number of benzene rings is 1. The normalized spacial score (nSPS) is 11.5. The van der Waals surface area contributed by atoms with Crippen LogP contribution in [0.2, 0.25) is 0 Å². The van der Waals surface area contributed by atoms with Gasteiger partial charge in [0.15, 0.2) is 5.78 Å². The molecule has 3 nitrogen and oxygen atoms in total. The van der Waals surface area contributed by atoms with Crippen molar-refractivity contribution in [2.24, 2.45) is 5.41 Å². The highest BCUT2D eigenvalue weighted by atomic mass is 16.1. The molecule has 2 rings (SSSR count). The minimum Gasteiger partial charge on any atom is -0.293 e. The van der Waals surface area contributed by atoms with Crippen LogP contribution in [0.5, 0.6) is 0 Å². The van der Waals surface area contributed by atoms with Crippen molar-refractivity contribution < 1.29 is 4.79 Å². The Morgan fingerprint density at radius 1 is 1.18 bits per heavy atom. The lowest BCUT2D eigenvalue weighted by Gasteiger charge is -2.14. The molecule has 17 heavy (non-hydrogen) atoms. The van der Waals surface area contributed by atoms with Crippen molar-refractivity contribution in [3.8, 4) is 5.69 Å². The number of para-hydroxylation sites is 1. The van der Waals surface area contributed by atoms with Crippen molar-refractivity contribution in [2.45, 2.75) is 20.8 Å². The average Bonchev–Trinajstić information content (AvgIpc) is 2.77. The number of aromatic nitrogens is 2. The summed E-state index contributed by atoms with van der Waals surface area (Å²) in [7, 11) is 0.